The van der Waals surface area contributed by atoms with Crippen molar-refractivity contribution in [1.82, 2.24) is 9.55 Å². The summed E-state index contributed by atoms with van der Waals surface area (Å²) >= 11 is 0. The summed E-state index contributed by atoms with van der Waals surface area (Å²) in [4.78, 5) is 4.14. The number of fused-ring (bicyclic) bond motifs is 3. The molecule has 216 valence electrons. The number of pyridine rings is 3. The van der Waals surface area contributed by atoms with Crippen LogP contribution < -0.4 is 9.13 Å². The Balaban J connectivity index is 1.29. The molecule has 4 aromatic heterocycles. The molecule has 0 aliphatic carbocycles. The predicted molar refractivity (Wildman–Crippen MR) is 187 cm³/mol. The molecule has 4 heteroatoms. The van der Waals surface area contributed by atoms with Crippen LogP contribution in [-0.2, 0) is 14.1 Å². The lowest BCUT2D eigenvalue weighted by atomic mass is 10.1. The van der Waals surface area contributed by atoms with E-state index in [1.807, 2.05) is 47.8 Å². The fraction of sp³-hybridized carbons (Fsp3) is 0.0488. The van der Waals surface area contributed by atoms with E-state index in [1.54, 1.807) is 0 Å². The predicted octanol–water partition coefficient (Wildman–Crippen LogP) is 8.34. The molecule has 0 bridgehead atoms. The van der Waals surface area contributed by atoms with E-state index in [0.29, 0.717) is 0 Å². The number of nitrogens with zero attached hydrogens (tertiary/aromatic N) is 4. The van der Waals surface area contributed by atoms with Crippen LogP contribution >= 0.6 is 0 Å². The van der Waals surface area contributed by atoms with Crippen LogP contribution in [-0.4, -0.2) is 9.55 Å². The van der Waals surface area contributed by atoms with Gasteiger partial charge in [0.15, 0.2) is 24.8 Å². The fourth-order valence-electron chi connectivity index (χ4n) is 5.58. The first-order valence-corrected chi connectivity index (χ1v) is 15.1. The van der Waals surface area contributed by atoms with E-state index in [9.17, 15) is 0 Å². The van der Waals surface area contributed by atoms with Gasteiger partial charge in [-0.2, -0.15) is 0 Å². The molecule has 0 spiro atoms. The lowest BCUT2D eigenvalue weighted by molar-refractivity contribution is -0.671. The number of hydrogen-bond acceptors (Lipinski definition) is 1. The van der Waals surface area contributed by atoms with Crippen molar-refractivity contribution in [3.8, 4) is 5.69 Å². The van der Waals surface area contributed by atoms with Crippen molar-refractivity contribution in [2.24, 2.45) is 14.1 Å². The molecular formula is C41H34N4+2. The second-order valence-electron chi connectivity index (χ2n) is 11.4. The Hall–Kier alpha value is -5.87. The topological polar surface area (TPSA) is 25.6 Å². The molecule has 0 saturated carbocycles. The fourth-order valence-corrected chi connectivity index (χ4v) is 5.58. The van der Waals surface area contributed by atoms with E-state index in [-0.39, 0.29) is 0 Å². The molecule has 0 saturated heterocycles. The molecule has 7 aromatic rings. The summed E-state index contributed by atoms with van der Waals surface area (Å²) in [6, 6.07) is 34.8. The van der Waals surface area contributed by atoms with E-state index in [4.69, 9.17) is 0 Å². The molecule has 0 N–H and O–H groups in total. The molecule has 0 amide bonds. The molecule has 3 aromatic carbocycles. The van der Waals surface area contributed by atoms with Gasteiger partial charge in [-0.25, -0.2) is 9.13 Å². The molecule has 7 rings (SSSR count). The number of hydrogen-bond donors (Lipinski definition) is 0. The maximum atomic E-state index is 4.14. The van der Waals surface area contributed by atoms with Gasteiger partial charge in [-0.1, -0.05) is 60.7 Å². The lowest BCUT2D eigenvalue weighted by Crippen LogP contribution is -2.25. The average Bonchev–Trinajstić information content (AvgIpc) is 3.40. The Bertz CT molecular complexity index is 2180. The first-order valence-electron chi connectivity index (χ1n) is 15.1. The van der Waals surface area contributed by atoms with E-state index in [0.717, 1.165) is 16.8 Å². The molecular weight excluding hydrogens is 548 g/mol. The van der Waals surface area contributed by atoms with Crippen molar-refractivity contribution in [1.29, 1.82) is 0 Å². The summed E-state index contributed by atoms with van der Waals surface area (Å²) in [7, 11) is 4.07. The molecule has 4 nitrogen and oxygen atoms in total. The first kappa shape index (κ1) is 27.9. The smallest absolute Gasteiger partial charge is 0.169 e. The van der Waals surface area contributed by atoms with Gasteiger partial charge in [-0.3, -0.25) is 4.98 Å². The number of benzene rings is 3. The normalized spacial score (nSPS) is 12.0. The standard InChI is InChI=1S/C41H34N4/c1-43-25-19-33(20-26-43)4-3-31-9-13-37(14-10-31)45-40-15-11-35(7-5-32-17-23-42-24-18-32)29-38(40)39-30-36(12-16-41(39)45)8-6-34-21-27-44(2)28-22-34/h3-30H,1-2H3/q+2/b7-5+. The Kier molecular flexibility index (Phi) is 7.69. The first-order chi connectivity index (χ1) is 22.1. The third kappa shape index (κ3) is 6.27. The number of rotatable bonds is 7. The van der Waals surface area contributed by atoms with Crippen LogP contribution in [0.15, 0.2) is 134 Å². The minimum atomic E-state index is 1.13. The Morgan fingerprint density at radius 3 is 1.29 bits per heavy atom. The van der Waals surface area contributed by atoms with Crippen molar-refractivity contribution in [3.05, 3.63) is 168 Å². The Morgan fingerprint density at radius 2 is 0.822 bits per heavy atom. The van der Waals surface area contributed by atoms with Gasteiger partial charge in [0.05, 0.1) is 11.0 Å². The zero-order valence-electron chi connectivity index (χ0n) is 25.5. The summed E-state index contributed by atoms with van der Waals surface area (Å²) in [5.41, 5.74) is 10.5. The zero-order chi connectivity index (χ0) is 30.6. The highest BCUT2D eigenvalue weighted by Gasteiger charge is 2.13. The van der Waals surface area contributed by atoms with E-state index in [2.05, 4.69) is 156 Å². The van der Waals surface area contributed by atoms with Gasteiger partial charge < -0.3 is 4.57 Å². The molecule has 0 aliphatic rings. The lowest BCUT2D eigenvalue weighted by Gasteiger charge is -2.09. The third-order valence-electron chi connectivity index (χ3n) is 8.08. The molecule has 0 fully saturated rings. The maximum absolute atomic E-state index is 4.14. The van der Waals surface area contributed by atoms with Crippen LogP contribution in [0.3, 0.4) is 0 Å². The summed E-state index contributed by atoms with van der Waals surface area (Å²) < 4.78 is 6.46. The number of aromatic nitrogens is 4. The van der Waals surface area contributed by atoms with Crippen molar-refractivity contribution in [3.63, 3.8) is 0 Å². The molecule has 4 heterocycles. The quantitative estimate of drug-likeness (QED) is 0.174. The van der Waals surface area contributed by atoms with E-state index >= 15 is 0 Å². The molecule has 45 heavy (non-hydrogen) atoms. The molecule has 0 atom stereocenters. The maximum Gasteiger partial charge on any atom is 0.169 e. The number of aryl methyl sites for hydroxylation is 2. The highest BCUT2D eigenvalue weighted by Crippen LogP contribution is 2.34. The Morgan fingerprint density at radius 1 is 0.444 bits per heavy atom. The third-order valence-corrected chi connectivity index (χ3v) is 8.08. The highest BCUT2D eigenvalue weighted by molar-refractivity contribution is 6.10. The summed E-state index contributed by atoms with van der Waals surface area (Å²) in [6.45, 7) is 0. The Labute approximate surface area is 263 Å². The van der Waals surface area contributed by atoms with Gasteiger partial charge in [-0.05, 0) is 81.9 Å². The summed E-state index contributed by atoms with van der Waals surface area (Å²) in [6.07, 6.45) is 24.9. The summed E-state index contributed by atoms with van der Waals surface area (Å²) in [5.74, 6) is 0. The SMILES string of the molecule is C[n+]1ccc(/C=C/c2ccc(-n3c4ccc(/C=C/c5ccncc5)cc4c4cc(/C=C/c5cc[n+](C)cc5)ccc43)cc2)cc1. The van der Waals surface area contributed by atoms with Crippen molar-refractivity contribution >= 4 is 58.3 Å². The van der Waals surface area contributed by atoms with Gasteiger partial charge in [0.1, 0.15) is 14.1 Å². The minimum Gasteiger partial charge on any atom is -0.309 e. The monoisotopic (exact) mass is 582 g/mol. The van der Waals surface area contributed by atoms with Gasteiger partial charge in [0.25, 0.3) is 0 Å². The van der Waals surface area contributed by atoms with Gasteiger partial charge in [0.2, 0.25) is 0 Å². The van der Waals surface area contributed by atoms with Crippen LogP contribution in [0, 0.1) is 0 Å². The molecule has 0 radical (unpaired) electrons. The van der Waals surface area contributed by atoms with E-state index in [1.165, 1.54) is 44.1 Å². The second-order valence-corrected chi connectivity index (χ2v) is 11.4. The van der Waals surface area contributed by atoms with Gasteiger partial charge in [-0.15, -0.1) is 0 Å². The van der Waals surface area contributed by atoms with Crippen LogP contribution in [0.25, 0.3) is 63.9 Å². The van der Waals surface area contributed by atoms with Crippen LogP contribution in [0.4, 0.5) is 0 Å². The van der Waals surface area contributed by atoms with Crippen molar-refractivity contribution in [2.75, 3.05) is 0 Å². The second kappa shape index (κ2) is 12.4. The van der Waals surface area contributed by atoms with Crippen LogP contribution in [0.2, 0.25) is 0 Å². The van der Waals surface area contributed by atoms with Gasteiger partial charge in [0, 0.05) is 53.1 Å². The minimum absolute atomic E-state index is 1.13. The van der Waals surface area contributed by atoms with Crippen molar-refractivity contribution in [2.45, 2.75) is 0 Å². The van der Waals surface area contributed by atoms with Crippen LogP contribution in [0.5, 0.6) is 0 Å². The average molecular weight is 583 g/mol. The van der Waals surface area contributed by atoms with Gasteiger partial charge >= 0.3 is 0 Å². The van der Waals surface area contributed by atoms with E-state index < -0.39 is 0 Å². The van der Waals surface area contributed by atoms with Crippen LogP contribution in [0.1, 0.15) is 33.4 Å². The zero-order valence-corrected chi connectivity index (χ0v) is 25.5. The highest BCUT2D eigenvalue weighted by atomic mass is 15.0. The molecule has 0 aliphatic heterocycles. The largest absolute Gasteiger partial charge is 0.309 e. The summed E-state index contributed by atoms with van der Waals surface area (Å²) in [5, 5.41) is 2.46. The molecule has 0 unspecified atom stereocenters. The van der Waals surface area contributed by atoms with Crippen molar-refractivity contribution < 1.29 is 9.13 Å².